The lowest BCUT2D eigenvalue weighted by Gasteiger charge is -2.31. The minimum atomic E-state index is -3.55. The summed E-state index contributed by atoms with van der Waals surface area (Å²) in [6.07, 6.45) is 1.71. The van der Waals surface area contributed by atoms with E-state index in [9.17, 15) is 13.2 Å². The summed E-state index contributed by atoms with van der Waals surface area (Å²) in [4.78, 5) is 15.1. The predicted molar refractivity (Wildman–Crippen MR) is 114 cm³/mol. The van der Waals surface area contributed by atoms with E-state index in [1.807, 2.05) is 19.1 Å². The maximum absolute atomic E-state index is 13.2. The third-order valence-corrected chi connectivity index (χ3v) is 6.99. The highest BCUT2D eigenvalue weighted by molar-refractivity contribution is 7.90. The molecule has 0 unspecified atom stereocenters. The first-order valence-corrected chi connectivity index (χ1v) is 11.4. The molecule has 2 heterocycles. The van der Waals surface area contributed by atoms with Crippen LogP contribution in [0.4, 0.5) is 5.69 Å². The number of sulfone groups is 1. The van der Waals surface area contributed by atoms with Crippen molar-refractivity contribution in [2.75, 3.05) is 18.6 Å². The van der Waals surface area contributed by atoms with Gasteiger partial charge in [-0.2, -0.15) is 0 Å². The number of anilines is 1. The van der Waals surface area contributed by atoms with Gasteiger partial charge in [0.1, 0.15) is 17.3 Å². The van der Waals surface area contributed by atoms with Crippen molar-refractivity contribution in [1.29, 1.82) is 0 Å². The second-order valence-electron chi connectivity index (χ2n) is 7.31. The summed E-state index contributed by atoms with van der Waals surface area (Å²) in [5.41, 5.74) is 2.97. The van der Waals surface area contributed by atoms with Crippen LogP contribution in [-0.4, -0.2) is 28.0 Å². The van der Waals surface area contributed by atoms with Crippen molar-refractivity contribution in [3.63, 3.8) is 0 Å². The highest BCUT2D eigenvalue weighted by atomic mass is 32.2. The summed E-state index contributed by atoms with van der Waals surface area (Å²) in [5.74, 6) is 0.383. The molecule has 1 aromatic heterocycles. The number of ether oxygens (including phenoxy) is 1. The van der Waals surface area contributed by atoms with Crippen LogP contribution in [0, 0.1) is 6.92 Å². The van der Waals surface area contributed by atoms with Gasteiger partial charge in [0.2, 0.25) is 0 Å². The summed E-state index contributed by atoms with van der Waals surface area (Å²) in [6.45, 7) is 2.57. The molecule has 0 spiro atoms. The smallest absolute Gasteiger partial charge is 0.294 e. The van der Waals surface area contributed by atoms with Crippen LogP contribution in [0.1, 0.15) is 33.9 Å². The molecule has 2 aromatic carbocycles. The topological polar surface area (TPSA) is 76.8 Å². The van der Waals surface area contributed by atoms with Crippen LogP contribution in [0.15, 0.2) is 63.9 Å². The predicted octanol–water partition coefficient (Wildman–Crippen LogP) is 4.16. The third kappa shape index (κ3) is 3.73. The van der Waals surface area contributed by atoms with Crippen molar-refractivity contribution < 1.29 is 22.4 Å². The Balaban J connectivity index is 1.62. The molecule has 3 aromatic rings. The standard InChI is InChI=1S/C23H23NO5S/c1-16-10-12-20(28-2)22-19(16)9-6-14-24(22)23(25)21-13-11-17(29-21)15-30(26,27)18-7-4-3-5-8-18/h3-5,7-8,10-13H,6,9,14-15H2,1-2H3. The molecular formula is C23H23NO5S. The summed E-state index contributed by atoms with van der Waals surface area (Å²) in [5, 5.41) is 0. The Labute approximate surface area is 176 Å². The molecule has 0 aliphatic carbocycles. The second kappa shape index (κ2) is 7.99. The highest BCUT2D eigenvalue weighted by Gasteiger charge is 2.30. The number of amides is 1. The molecule has 1 aliphatic rings. The van der Waals surface area contributed by atoms with Gasteiger partial charge in [-0.05, 0) is 61.2 Å². The van der Waals surface area contributed by atoms with E-state index in [0.717, 1.165) is 29.7 Å². The van der Waals surface area contributed by atoms with Gasteiger partial charge in [0, 0.05) is 6.54 Å². The Morgan fingerprint density at radius 2 is 1.87 bits per heavy atom. The van der Waals surface area contributed by atoms with E-state index in [0.29, 0.717) is 12.3 Å². The Morgan fingerprint density at radius 1 is 1.10 bits per heavy atom. The van der Waals surface area contributed by atoms with Crippen LogP contribution >= 0.6 is 0 Å². The average molecular weight is 426 g/mol. The zero-order valence-electron chi connectivity index (χ0n) is 16.9. The summed E-state index contributed by atoms with van der Waals surface area (Å²) in [6, 6.07) is 15.1. The SMILES string of the molecule is COc1ccc(C)c2c1N(C(=O)c1ccc(CS(=O)(=O)c3ccccc3)o1)CCC2. The zero-order valence-corrected chi connectivity index (χ0v) is 17.7. The van der Waals surface area contributed by atoms with Crippen molar-refractivity contribution in [2.24, 2.45) is 0 Å². The normalized spacial score (nSPS) is 13.7. The molecule has 156 valence electrons. The van der Waals surface area contributed by atoms with E-state index < -0.39 is 9.84 Å². The fraction of sp³-hybridized carbons (Fsp3) is 0.261. The van der Waals surface area contributed by atoms with E-state index in [1.165, 1.54) is 6.07 Å². The maximum atomic E-state index is 13.2. The first-order chi connectivity index (χ1) is 14.4. The van der Waals surface area contributed by atoms with E-state index in [4.69, 9.17) is 9.15 Å². The molecule has 1 aliphatic heterocycles. The van der Waals surface area contributed by atoms with Crippen LogP contribution in [0.5, 0.6) is 5.75 Å². The van der Waals surface area contributed by atoms with Gasteiger partial charge in [-0.15, -0.1) is 0 Å². The van der Waals surface area contributed by atoms with Gasteiger partial charge in [-0.25, -0.2) is 8.42 Å². The van der Waals surface area contributed by atoms with Crippen molar-refractivity contribution in [3.8, 4) is 5.75 Å². The lowest BCUT2D eigenvalue weighted by Crippen LogP contribution is -2.36. The molecule has 1 amide bonds. The number of carbonyl (C=O) groups is 1. The van der Waals surface area contributed by atoms with Crippen LogP contribution in [-0.2, 0) is 22.0 Å². The average Bonchev–Trinajstić information content (AvgIpc) is 3.22. The molecule has 0 saturated heterocycles. The van der Waals surface area contributed by atoms with Gasteiger partial charge in [-0.1, -0.05) is 24.3 Å². The van der Waals surface area contributed by atoms with Crippen molar-refractivity contribution in [1.82, 2.24) is 0 Å². The van der Waals surface area contributed by atoms with E-state index in [-0.39, 0.29) is 28.1 Å². The van der Waals surface area contributed by atoms with Gasteiger partial charge in [0.25, 0.3) is 5.91 Å². The number of aryl methyl sites for hydroxylation is 1. The summed E-state index contributed by atoms with van der Waals surface area (Å²) >= 11 is 0. The first-order valence-electron chi connectivity index (χ1n) is 9.75. The van der Waals surface area contributed by atoms with E-state index >= 15 is 0 Å². The fourth-order valence-corrected chi connectivity index (χ4v) is 5.09. The monoisotopic (exact) mass is 425 g/mol. The molecule has 7 heteroatoms. The number of carbonyl (C=O) groups excluding carboxylic acids is 1. The van der Waals surface area contributed by atoms with Crippen LogP contribution in [0.2, 0.25) is 0 Å². The number of methoxy groups -OCH3 is 1. The lowest BCUT2D eigenvalue weighted by atomic mass is 9.96. The van der Waals surface area contributed by atoms with Crippen LogP contribution in [0.25, 0.3) is 0 Å². The molecular weight excluding hydrogens is 402 g/mol. The van der Waals surface area contributed by atoms with Gasteiger partial charge < -0.3 is 14.1 Å². The Kier molecular flexibility index (Phi) is 5.39. The number of furan rings is 1. The largest absolute Gasteiger partial charge is 0.495 e. The second-order valence-corrected chi connectivity index (χ2v) is 9.30. The van der Waals surface area contributed by atoms with Gasteiger partial charge in [-0.3, -0.25) is 4.79 Å². The number of rotatable bonds is 5. The number of hydrogen-bond acceptors (Lipinski definition) is 5. The van der Waals surface area contributed by atoms with Gasteiger partial charge in [0.05, 0.1) is 17.7 Å². The molecule has 0 atom stereocenters. The lowest BCUT2D eigenvalue weighted by molar-refractivity contribution is 0.0956. The minimum Gasteiger partial charge on any atom is -0.495 e. The maximum Gasteiger partial charge on any atom is 0.294 e. The molecule has 4 rings (SSSR count). The fourth-order valence-electron chi connectivity index (χ4n) is 3.82. The molecule has 30 heavy (non-hydrogen) atoms. The molecule has 6 nitrogen and oxygen atoms in total. The molecule has 0 bridgehead atoms. The Hall–Kier alpha value is -3.06. The number of hydrogen-bond donors (Lipinski definition) is 0. The molecule has 0 fully saturated rings. The molecule has 0 saturated carbocycles. The van der Waals surface area contributed by atoms with Crippen LogP contribution in [0.3, 0.4) is 0 Å². The summed E-state index contributed by atoms with van der Waals surface area (Å²) in [7, 11) is -1.97. The van der Waals surface area contributed by atoms with Gasteiger partial charge >= 0.3 is 0 Å². The Bertz CT molecular complexity index is 1180. The Morgan fingerprint density at radius 3 is 2.60 bits per heavy atom. The van der Waals surface area contributed by atoms with Gasteiger partial charge in [0.15, 0.2) is 15.6 Å². The number of fused-ring (bicyclic) bond motifs is 1. The third-order valence-electron chi connectivity index (χ3n) is 5.33. The number of nitrogens with zero attached hydrogens (tertiary/aromatic N) is 1. The molecule has 0 radical (unpaired) electrons. The van der Waals surface area contributed by atoms with E-state index in [1.54, 1.807) is 48.4 Å². The summed E-state index contributed by atoms with van der Waals surface area (Å²) < 4.78 is 36.4. The van der Waals surface area contributed by atoms with E-state index in [2.05, 4.69) is 0 Å². The highest BCUT2D eigenvalue weighted by Crippen LogP contribution is 2.39. The van der Waals surface area contributed by atoms with Crippen molar-refractivity contribution >= 4 is 21.4 Å². The number of benzene rings is 2. The zero-order chi connectivity index (χ0) is 21.3. The van der Waals surface area contributed by atoms with Crippen LogP contribution < -0.4 is 9.64 Å². The quantitative estimate of drug-likeness (QED) is 0.613. The first kappa shape index (κ1) is 20.2. The molecule has 0 N–H and O–H groups in total. The van der Waals surface area contributed by atoms with Crippen molar-refractivity contribution in [2.45, 2.75) is 30.4 Å². The van der Waals surface area contributed by atoms with Crippen molar-refractivity contribution in [3.05, 3.63) is 77.2 Å². The minimum absolute atomic E-state index is 0.115.